The van der Waals surface area contributed by atoms with E-state index >= 15 is 0 Å². The van der Waals surface area contributed by atoms with Gasteiger partial charge in [-0.05, 0) is 43.7 Å². The van der Waals surface area contributed by atoms with Crippen LogP contribution >= 0.6 is 0 Å². The number of aromatic amines is 1. The van der Waals surface area contributed by atoms with Crippen molar-refractivity contribution >= 4 is 0 Å². The number of H-pyrrole nitrogens is 1. The molecule has 4 nitrogen and oxygen atoms in total. The van der Waals surface area contributed by atoms with Crippen LogP contribution in [0.5, 0.6) is 0 Å². The number of aromatic nitrogens is 3. The van der Waals surface area contributed by atoms with Gasteiger partial charge in [-0.2, -0.15) is 5.10 Å². The predicted octanol–water partition coefficient (Wildman–Crippen LogP) is 2.30. The SMILES string of the molecule is Fc1ccc(-c2n[nH]c(C[C@@H]3CCCCN3)n2)cc1. The van der Waals surface area contributed by atoms with Gasteiger partial charge in [0.05, 0.1) is 0 Å². The molecule has 100 valence electrons. The van der Waals surface area contributed by atoms with Crippen LogP contribution < -0.4 is 5.32 Å². The molecule has 0 amide bonds. The lowest BCUT2D eigenvalue weighted by Crippen LogP contribution is -2.35. The topological polar surface area (TPSA) is 53.6 Å². The molecular formula is C14H17FN4. The molecule has 2 heterocycles. The highest BCUT2D eigenvalue weighted by Gasteiger charge is 2.15. The molecule has 0 spiro atoms. The molecule has 3 rings (SSSR count). The fraction of sp³-hybridized carbons (Fsp3) is 0.429. The van der Waals surface area contributed by atoms with Crippen molar-refractivity contribution in [1.29, 1.82) is 0 Å². The molecule has 1 atom stereocenters. The summed E-state index contributed by atoms with van der Waals surface area (Å²) in [5, 5.41) is 10.7. The lowest BCUT2D eigenvalue weighted by atomic mass is 10.0. The summed E-state index contributed by atoms with van der Waals surface area (Å²) >= 11 is 0. The van der Waals surface area contributed by atoms with Gasteiger partial charge in [-0.3, -0.25) is 5.10 Å². The number of piperidine rings is 1. The largest absolute Gasteiger partial charge is 0.314 e. The molecule has 2 aromatic rings. The Bertz CT molecular complexity index is 529. The zero-order valence-corrected chi connectivity index (χ0v) is 10.7. The fourth-order valence-electron chi connectivity index (χ4n) is 2.45. The summed E-state index contributed by atoms with van der Waals surface area (Å²) in [6.07, 6.45) is 4.59. The van der Waals surface area contributed by atoms with Crippen molar-refractivity contribution in [2.45, 2.75) is 31.7 Å². The molecule has 0 radical (unpaired) electrons. The van der Waals surface area contributed by atoms with Crippen molar-refractivity contribution in [2.24, 2.45) is 0 Å². The molecule has 19 heavy (non-hydrogen) atoms. The molecule has 1 aliphatic rings. The summed E-state index contributed by atoms with van der Waals surface area (Å²) in [5.74, 6) is 1.27. The van der Waals surface area contributed by atoms with Gasteiger partial charge in [-0.15, -0.1) is 0 Å². The van der Waals surface area contributed by atoms with Crippen molar-refractivity contribution in [3.05, 3.63) is 35.9 Å². The molecule has 2 N–H and O–H groups in total. The van der Waals surface area contributed by atoms with E-state index in [9.17, 15) is 4.39 Å². The predicted molar refractivity (Wildman–Crippen MR) is 71.1 cm³/mol. The van der Waals surface area contributed by atoms with Crippen LogP contribution in [0.25, 0.3) is 11.4 Å². The molecule has 1 saturated heterocycles. The third-order valence-electron chi connectivity index (χ3n) is 3.49. The van der Waals surface area contributed by atoms with E-state index in [-0.39, 0.29) is 5.82 Å². The Morgan fingerprint density at radius 3 is 2.79 bits per heavy atom. The van der Waals surface area contributed by atoms with Crippen LogP contribution in [0.1, 0.15) is 25.1 Å². The van der Waals surface area contributed by atoms with Gasteiger partial charge >= 0.3 is 0 Å². The zero-order valence-electron chi connectivity index (χ0n) is 10.7. The second-order valence-corrected chi connectivity index (χ2v) is 4.96. The van der Waals surface area contributed by atoms with Crippen LogP contribution in [-0.4, -0.2) is 27.8 Å². The Morgan fingerprint density at radius 2 is 2.05 bits per heavy atom. The van der Waals surface area contributed by atoms with Crippen LogP contribution in [0.3, 0.4) is 0 Å². The van der Waals surface area contributed by atoms with Crippen LogP contribution in [0, 0.1) is 5.82 Å². The first-order valence-electron chi connectivity index (χ1n) is 6.72. The number of benzene rings is 1. The van der Waals surface area contributed by atoms with Crippen molar-refractivity contribution in [2.75, 3.05) is 6.54 Å². The maximum Gasteiger partial charge on any atom is 0.181 e. The average molecular weight is 260 g/mol. The standard InChI is InChI=1S/C14H17FN4/c15-11-6-4-10(5-7-11)14-17-13(18-19-14)9-12-3-1-2-8-16-12/h4-7,12,16H,1-3,8-9H2,(H,17,18,19)/t12-/m0/s1. The van der Waals surface area contributed by atoms with Crippen molar-refractivity contribution < 1.29 is 4.39 Å². The minimum absolute atomic E-state index is 0.245. The first-order valence-corrected chi connectivity index (χ1v) is 6.72. The van der Waals surface area contributed by atoms with E-state index in [1.165, 1.54) is 31.4 Å². The van der Waals surface area contributed by atoms with Gasteiger partial charge in [-0.25, -0.2) is 9.37 Å². The number of hydrogen-bond donors (Lipinski definition) is 2. The van der Waals surface area contributed by atoms with Crippen molar-refractivity contribution in [3.8, 4) is 11.4 Å². The van der Waals surface area contributed by atoms with Gasteiger partial charge in [0, 0.05) is 18.0 Å². The van der Waals surface area contributed by atoms with Crippen LogP contribution in [0.15, 0.2) is 24.3 Å². The smallest absolute Gasteiger partial charge is 0.181 e. The number of hydrogen-bond acceptors (Lipinski definition) is 3. The molecular weight excluding hydrogens is 243 g/mol. The lowest BCUT2D eigenvalue weighted by Gasteiger charge is -2.22. The lowest BCUT2D eigenvalue weighted by molar-refractivity contribution is 0.394. The Balaban J connectivity index is 1.70. The molecule has 1 fully saturated rings. The molecule has 1 aromatic heterocycles. The maximum atomic E-state index is 12.9. The maximum absolute atomic E-state index is 12.9. The van der Waals surface area contributed by atoms with Gasteiger partial charge in [0.25, 0.3) is 0 Å². The van der Waals surface area contributed by atoms with Gasteiger partial charge in [0.1, 0.15) is 11.6 Å². The van der Waals surface area contributed by atoms with E-state index in [1.54, 1.807) is 12.1 Å². The first kappa shape index (κ1) is 12.3. The Hall–Kier alpha value is -1.75. The highest BCUT2D eigenvalue weighted by atomic mass is 19.1. The summed E-state index contributed by atoms with van der Waals surface area (Å²) in [7, 11) is 0. The average Bonchev–Trinajstić information content (AvgIpc) is 2.89. The first-order chi connectivity index (χ1) is 9.31. The van der Waals surface area contributed by atoms with E-state index in [2.05, 4.69) is 20.5 Å². The van der Waals surface area contributed by atoms with E-state index in [0.717, 1.165) is 24.4 Å². The minimum atomic E-state index is -0.245. The highest BCUT2D eigenvalue weighted by molar-refractivity contribution is 5.54. The Labute approximate surface area is 111 Å². The van der Waals surface area contributed by atoms with E-state index in [0.29, 0.717) is 11.9 Å². The number of nitrogens with zero attached hydrogens (tertiary/aromatic N) is 2. The van der Waals surface area contributed by atoms with E-state index in [4.69, 9.17) is 0 Å². The van der Waals surface area contributed by atoms with Crippen molar-refractivity contribution in [3.63, 3.8) is 0 Å². The summed E-state index contributed by atoms with van der Waals surface area (Å²) in [6.45, 7) is 1.09. The third-order valence-corrected chi connectivity index (χ3v) is 3.49. The van der Waals surface area contributed by atoms with Gasteiger partial charge in [0.2, 0.25) is 0 Å². The second kappa shape index (κ2) is 5.48. The molecule has 0 saturated carbocycles. The van der Waals surface area contributed by atoms with Crippen LogP contribution in [-0.2, 0) is 6.42 Å². The van der Waals surface area contributed by atoms with Crippen LogP contribution in [0.4, 0.5) is 4.39 Å². The molecule has 5 heteroatoms. The summed E-state index contributed by atoms with van der Waals surface area (Å²) in [5.41, 5.74) is 0.834. The number of nitrogens with one attached hydrogen (secondary N) is 2. The Morgan fingerprint density at radius 1 is 1.21 bits per heavy atom. The highest BCUT2D eigenvalue weighted by Crippen LogP contribution is 2.16. The molecule has 1 aliphatic heterocycles. The quantitative estimate of drug-likeness (QED) is 0.890. The normalized spacial score (nSPS) is 19.5. The summed E-state index contributed by atoms with van der Waals surface area (Å²) < 4.78 is 12.9. The second-order valence-electron chi connectivity index (χ2n) is 4.96. The van der Waals surface area contributed by atoms with Gasteiger partial charge in [0.15, 0.2) is 5.82 Å². The fourth-order valence-corrected chi connectivity index (χ4v) is 2.45. The number of rotatable bonds is 3. The van der Waals surface area contributed by atoms with Crippen molar-refractivity contribution in [1.82, 2.24) is 20.5 Å². The van der Waals surface area contributed by atoms with Gasteiger partial charge < -0.3 is 5.32 Å². The summed E-state index contributed by atoms with van der Waals surface area (Å²) in [4.78, 5) is 4.48. The number of halogens is 1. The zero-order chi connectivity index (χ0) is 13.1. The molecule has 0 bridgehead atoms. The monoisotopic (exact) mass is 260 g/mol. The minimum Gasteiger partial charge on any atom is -0.314 e. The van der Waals surface area contributed by atoms with Crippen LogP contribution in [0.2, 0.25) is 0 Å². The van der Waals surface area contributed by atoms with E-state index in [1.807, 2.05) is 0 Å². The summed E-state index contributed by atoms with van der Waals surface area (Å²) in [6, 6.07) is 6.73. The Kier molecular flexibility index (Phi) is 3.55. The molecule has 0 unspecified atom stereocenters. The van der Waals surface area contributed by atoms with Gasteiger partial charge in [-0.1, -0.05) is 6.42 Å². The molecule has 1 aromatic carbocycles. The van der Waals surface area contributed by atoms with E-state index < -0.39 is 0 Å². The third kappa shape index (κ3) is 2.98. The molecule has 0 aliphatic carbocycles.